The summed E-state index contributed by atoms with van der Waals surface area (Å²) in [5, 5.41) is 17.9. The molecule has 1 fully saturated rings. The topological polar surface area (TPSA) is 81.4 Å². The monoisotopic (exact) mass is 284 g/mol. The van der Waals surface area contributed by atoms with Crippen LogP contribution in [-0.2, 0) is 10.0 Å². The molecule has 1 atom stereocenters. The molecule has 0 spiro atoms. The molecule has 0 radical (unpaired) electrons. The van der Waals surface area contributed by atoms with Crippen LogP contribution in [0.2, 0.25) is 0 Å². The Morgan fingerprint density at radius 3 is 2.84 bits per heavy atom. The Balaban J connectivity index is 2.38. The third kappa shape index (κ3) is 2.61. The maximum atomic E-state index is 13.0. The zero-order valence-electron chi connectivity index (χ0n) is 10.1. The number of hydrogen-bond acceptors (Lipinski definition) is 4. The summed E-state index contributed by atoms with van der Waals surface area (Å²) >= 11 is 0. The summed E-state index contributed by atoms with van der Waals surface area (Å²) in [4.78, 5) is -0.185. The van der Waals surface area contributed by atoms with Crippen LogP contribution in [0.15, 0.2) is 23.1 Å². The summed E-state index contributed by atoms with van der Waals surface area (Å²) < 4.78 is 39.0. The normalized spacial score (nSPS) is 20.4. The van der Waals surface area contributed by atoms with Crippen molar-refractivity contribution in [1.82, 2.24) is 4.31 Å². The minimum Gasteiger partial charge on any atom is -0.396 e. The summed E-state index contributed by atoms with van der Waals surface area (Å²) in [6.45, 7) is 0.456. The minimum absolute atomic E-state index is 0.0689. The molecule has 1 aliphatic heterocycles. The van der Waals surface area contributed by atoms with Crippen molar-refractivity contribution in [3.63, 3.8) is 0 Å². The molecule has 1 aromatic rings. The molecule has 7 heteroatoms. The second-order valence-corrected chi connectivity index (χ2v) is 6.36. The van der Waals surface area contributed by atoms with E-state index >= 15 is 0 Å². The number of halogens is 1. The minimum atomic E-state index is -3.81. The number of benzene rings is 1. The van der Waals surface area contributed by atoms with Crippen molar-refractivity contribution in [3.8, 4) is 6.07 Å². The molecule has 1 aliphatic rings. The van der Waals surface area contributed by atoms with Gasteiger partial charge in [0.25, 0.3) is 0 Å². The molecular weight excluding hydrogens is 271 g/mol. The number of aliphatic hydroxyl groups excluding tert-OH is 1. The van der Waals surface area contributed by atoms with E-state index in [9.17, 15) is 12.8 Å². The van der Waals surface area contributed by atoms with Gasteiger partial charge in [0.15, 0.2) is 0 Å². The van der Waals surface area contributed by atoms with Gasteiger partial charge < -0.3 is 5.11 Å². The van der Waals surface area contributed by atoms with Gasteiger partial charge in [-0.1, -0.05) is 0 Å². The van der Waals surface area contributed by atoms with Crippen LogP contribution in [0, 0.1) is 23.1 Å². The van der Waals surface area contributed by atoms with Crippen molar-refractivity contribution in [2.45, 2.75) is 11.3 Å². The fraction of sp³-hybridized carbons (Fsp3) is 0.417. The van der Waals surface area contributed by atoms with Gasteiger partial charge in [0.1, 0.15) is 16.8 Å². The van der Waals surface area contributed by atoms with Crippen LogP contribution >= 0.6 is 0 Å². The summed E-state index contributed by atoms with van der Waals surface area (Å²) in [7, 11) is -3.81. The molecule has 102 valence electrons. The van der Waals surface area contributed by atoms with Gasteiger partial charge in [0.2, 0.25) is 10.0 Å². The molecule has 1 unspecified atom stereocenters. The number of nitrogens with zero attached hydrogens (tertiary/aromatic N) is 2. The quantitative estimate of drug-likeness (QED) is 0.886. The van der Waals surface area contributed by atoms with Gasteiger partial charge in [0.05, 0.1) is 5.56 Å². The van der Waals surface area contributed by atoms with Crippen LogP contribution < -0.4 is 0 Å². The number of aliphatic hydroxyl groups is 1. The van der Waals surface area contributed by atoms with Gasteiger partial charge in [-0.3, -0.25) is 0 Å². The molecule has 0 bridgehead atoms. The fourth-order valence-electron chi connectivity index (χ4n) is 2.12. The maximum absolute atomic E-state index is 13.0. The molecule has 2 rings (SSSR count). The fourth-order valence-corrected chi connectivity index (χ4v) is 3.77. The number of rotatable bonds is 3. The lowest BCUT2D eigenvalue weighted by Gasteiger charge is -2.17. The molecule has 0 saturated carbocycles. The average molecular weight is 284 g/mol. The standard InChI is InChI=1S/C12H13FN2O3S/c13-11-1-2-12(10(5-11)6-14)19(17,18)15-4-3-9(7-15)8-16/h1-2,5,9,16H,3-4,7-8H2. The first-order valence-corrected chi connectivity index (χ1v) is 7.23. The Kier molecular flexibility index (Phi) is 3.85. The van der Waals surface area contributed by atoms with Gasteiger partial charge in [-0.05, 0) is 30.5 Å². The molecular formula is C12H13FN2O3S. The Morgan fingerprint density at radius 2 is 2.26 bits per heavy atom. The zero-order chi connectivity index (χ0) is 14.0. The lowest BCUT2D eigenvalue weighted by molar-refractivity contribution is 0.233. The second kappa shape index (κ2) is 5.25. The van der Waals surface area contributed by atoms with Crippen molar-refractivity contribution < 1.29 is 17.9 Å². The van der Waals surface area contributed by atoms with E-state index in [-0.39, 0.29) is 29.5 Å². The highest BCUT2D eigenvalue weighted by molar-refractivity contribution is 7.89. The summed E-state index contributed by atoms with van der Waals surface area (Å²) in [5.74, 6) is -0.731. The van der Waals surface area contributed by atoms with Gasteiger partial charge in [0, 0.05) is 19.7 Å². The molecule has 1 N–H and O–H groups in total. The Bertz CT molecular complexity index is 624. The smallest absolute Gasteiger partial charge is 0.244 e. The molecule has 0 amide bonds. The number of hydrogen-bond donors (Lipinski definition) is 1. The first-order chi connectivity index (χ1) is 8.98. The van der Waals surface area contributed by atoms with Crippen LogP contribution in [0.1, 0.15) is 12.0 Å². The SMILES string of the molecule is N#Cc1cc(F)ccc1S(=O)(=O)N1CCC(CO)C1. The first kappa shape index (κ1) is 13.9. The highest BCUT2D eigenvalue weighted by atomic mass is 32.2. The van der Waals surface area contributed by atoms with E-state index in [0.717, 1.165) is 18.2 Å². The van der Waals surface area contributed by atoms with Crippen molar-refractivity contribution in [2.24, 2.45) is 5.92 Å². The second-order valence-electron chi connectivity index (χ2n) is 4.45. The summed E-state index contributed by atoms with van der Waals surface area (Å²) in [6, 6.07) is 4.73. The molecule has 0 aromatic heterocycles. The van der Waals surface area contributed by atoms with Gasteiger partial charge >= 0.3 is 0 Å². The Morgan fingerprint density at radius 1 is 1.53 bits per heavy atom. The molecule has 1 saturated heterocycles. The molecule has 19 heavy (non-hydrogen) atoms. The highest BCUT2D eigenvalue weighted by Gasteiger charge is 2.33. The van der Waals surface area contributed by atoms with Crippen molar-refractivity contribution in [1.29, 1.82) is 5.26 Å². The van der Waals surface area contributed by atoms with Crippen LogP contribution in [0.4, 0.5) is 4.39 Å². The van der Waals surface area contributed by atoms with Crippen LogP contribution in [-0.4, -0.2) is 37.5 Å². The Hall–Kier alpha value is -1.49. The van der Waals surface area contributed by atoms with E-state index in [1.54, 1.807) is 6.07 Å². The first-order valence-electron chi connectivity index (χ1n) is 5.79. The van der Waals surface area contributed by atoms with E-state index in [0.29, 0.717) is 13.0 Å². The van der Waals surface area contributed by atoms with Gasteiger partial charge in [-0.15, -0.1) is 0 Å². The summed E-state index contributed by atoms with van der Waals surface area (Å²) in [6.07, 6.45) is 0.582. The van der Waals surface area contributed by atoms with Crippen molar-refractivity contribution in [3.05, 3.63) is 29.6 Å². The molecule has 1 aromatic carbocycles. The summed E-state index contributed by atoms with van der Waals surface area (Å²) in [5.41, 5.74) is -0.201. The largest absolute Gasteiger partial charge is 0.396 e. The van der Waals surface area contributed by atoms with E-state index in [1.807, 2.05) is 0 Å². The third-order valence-corrected chi connectivity index (χ3v) is 5.11. The maximum Gasteiger partial charge on any atom is 0.244 e. The number of nitriles is 1. The molecule has 0 aliphatic carbocycles. The zero-order valence-corrected chi connectivity index (χ0v) is 10.9. The van der Waals surface area contributed by atoms with Crippen LogP contribution in [0.25, 0.3) is 0 Å². The predicted molar refractivity (Wildman–Crippen MR) is 65.1 cm³/mol. The predicted octanol–water partition coefficient (Wildman–Crippen LogP) is 0.700. The van der Waals surface area contributed by atoms with Gasteiger partial charge in [-0.2, -0.15) is 9.57 Å². The van der Waals surface area contributed by atoms with Crippen LogP contribution in [0.3, 0.4) is 0 Å². The highest BCUT2D eigenvalue weighted by Crippen LogP contribution is 2.26. The van der Waals surface area contributed by atoms with E-state index in [2.05, 4.69) is 0 Å². The molecule has 5 nitrogen and oxygen atoms in total. The van der Waals surface area contributed by atoms with Crippen LogP contribution in [0.5, 0.6) is 0 Å². The van der Waals surface area contributed by atoms with E-state index < -0.39 is 15.8 Å². The van der Waals surface area contributed by atoms with Crippen molar-refractivity contribution >= 4 is 10.0 Å². The third-order valence-electron chi connectivity index (χ3n) is 3.19. The Labute approximate surface area is 110 Å². The molecule has 1 heterocycles. The lowest BCUT2D eigenvalue weighted by Crippen LogP contribution is -2.30. The van der Waals surface area contributed by atoms with Gasteiger partial charge in [-0.25, -0.2) is 12.8 Å². The van der Waals surface area contributed by atoms with E-state index in [1.165, 1.54) is 4.31 Å². The average Bonchev–Trinajstić information content (AvgIpc) is 2.87. The van der Waals surface area contributed by atoms with Crippen molar-refractivity contribution in [2.75, 3.05) is 19.7 Å². The number of sulfonamides is 1. The van der Waals surface area contributed by atoms with E-state index in [4.69, 9.17) is 10.4 Å². The lowest BCUT2D eigenvalue weighted by atomic mass is 10.1.